The Balaban J connectivity index is 0.00000242. The number of methoxy groups -OCH3 is 2. The number of hydrogen-bond acceptors (Lipinski definition) is 6. The molecule has 1 aromatic rings. The van der Waals surface area contributed by atoms with E-state index in [1.54, 1.807) is 25.3 Å². The Morgan fingerprint density at radius 2 is 1.96 bits per heavy atom. The van der Waals surface area contributed by atoms with Crippen LogP contribution in [0.3, 0.4) is 0 Å². The van der Waals surface area contributed by atoms with E-state index >= 15 is 0 Å². The van der Waals surface area contributed by atoms with Crippen molar-refractivity contribution in [2.75, 3.05) is 51.9 Å². The molecule has 1 fully saturated rings. The highest BCUT2D eigenvalue weighted by atomic mass is 35.5. The molecule has 2 N–H and O–H groups in total. The predicted octanol–water partition coefficient (Wildman–Crippen LogP) is 0.556. The van der Waals surface area contributed by atoms with Gasteiger partial charge in [-0.05, 0) is 6.07 Å². The van der Waals surface area contributed by atoms with Crippen molar-refractivity contribution < 1.29 is 14.3 Å². The number of pyridine rings is 1. The normalized spacial score (nSPS) is 15.3. The third-order valence-electron chi connectivity index (χ3n) is 3.53. The number of anilines is 1. The van der Waals surface area contributed by atoms with E-state index in [2.05, 4.69) is 9.88 Å². The molecule has 2 rings (SSSR count). The lowest BCUT2D eigenvalue weighted by molar-refractivity contribution is -0.134. The lowest BCUT2D eigenvalue weighted by atomic mass is 10.2. The fourth-order valence-electron chi connectivity index (χ4n) is 2.34. The summed E-state index contributed by atoms with van der Waals surface area (Å²) < 4.78 is 10.1. The number of halogens is 2. The van der Waals surface area contributed by atoms with E-state index in [1.807, 2.05) is 12.1 Å². The summed E-state index contributed by atoms with van der Waals surface area (Å²) in [7, 11) is 3.17. The van der Waals surface area contributed by atoms with Crippen LogP contribution in [0, 0.1) is 0 Å². The van der Waals surface area contributed by atoms with E-state index in [0.29, 0.717) is 13.1 Å². The summed E-state index contributed by atoms with van der Waals surface area (Å²) in [5.41, 5.74) is 5.78. The monoisotopic (exact) mass is 366 g/mol. The fraction of sp³-hybridized carbons (Fsp3) is 0.571. The van der Waals surface area contributed by atoms with Crippen LogP contribution in [0.2, 0.25) is 0 Å². The van der Waals surface area contributed by atoms with E-state index in [1.165, 1.54) is 0 Å². The van der Waals surface area contributed by atoms with Gasteiger partial charge in [0, 0.05) is 45.6 Å². The number of nitrogens with zero attached hydrogens (tertiary/aromatic N) is 3. The fourth-order valence-corrected chi connectivity index (χ4v) is 2.34. The van der Waals surface area contributed by atoms with Crippen LogP contribution < -0.4 is 15.4 Å². The van der Waals surface area contributed by atoms with Crippen LogP contribution in [0.1, 0.15) is 0 Å². The number of hydrogen-bond donors (Lipinski definition) is 1. The van der Waals surface area contributed by atoms with Crippen molar-refractivity contribution in [2.24, 2.45) is 5.73 Å². The van der Waals surface area contributed by atoms with Crippen LogP contribution in [0.4, 0.5) is 5.82 Å². The molecular weight excluding hydrogens is 343 g/mol. The minimum Gasteiger partial charge on any atom is -0.497 e. The Labute approximate surface area is 148 Å². The van der Waals surface area contributed by atoms with Gasteiger partial charge in [-0.15, -0.1) is 24.8 Å². The third-order valence-corrected chi connectivity index (χ3v) is 3.53. The van der Waals surface area contributed by atoms with Gasteiger partial charge in [-0.25, -0.2) is 4.98 Å². The Hall–Kier alpha value is -1.28. The first-order valence-corrected chi connectivity index (χ1v) is 6.94. The van der Waals surface area contributed by atoms with Gasteiger partial charge in [0.2, 0.25) is 5.91 Å². The smallest absolute Gasteiger partial charge is 0.241 e. The van der Waals surface area contributed by atoms with Gasteiger partial charge in [-0.3, -0.25) is 4.79 Å². The molecule has 7 nitrogen and oxygen atoms in total. The van der Waals surface area contributed by atoms with Gasteiger partial charge in [0.25, 0.3) is 0 Å². The Morgan fingerprint density at radius 3 is 2.52 bits per heavy atom. The van der Waals surface area contributed by atoms with E-state index in [-0.39, 0.29) is 37.3 Å². The summed E-state index contributed by atoms with van der Waals surface area (Å²) in [4.78, 5) is 20.4. The van der Waals surface area contributed by atoms with Gasteiger partial charge in [-0.1, -0.05) is 0 Å². The molecule has 0 saturated carbocycles. The van der Waals surface area contributed by atoms with Crippen LogP contribution >= 0.6 is 24.8 Å². The molecule has 1 unspecified atom stereocenters. The topological polar surface area (TPSA) is 80.9 Å². The summed E-state index contributed by atoms with van der Waals surface area (Å²) >= 11 is 0. The average Bonchev–Trinajstić information content (AvgIpc) is 2.54. The zero-order chi connectivity index (χ0) is 15.2. The summed E-state index contributed by atoms with van der Waals surface area (Å²) in [5, 5.41) is 0. The summed E-state index contributed by atoms with van der Waals surface area (Å²) in [6.45, 7) is 2.97. The molecule has 1 aromatic heterocycles. The molecule has 0 aromatic carbocycles. The van der Waals surface area contributed by atoms with Crippen LogP contribution in [-0.4, -0.2) is 68.8 Å². The van der Waals surface area contributed by atoms with Crippen molar-refractivity contribution in [1.29, 1.82) is 0 Å². The van der Waals surface area contributed by atoms with Crippen molar-refractivity contribution in [3.05, 3.63) is 18.3 Å². The number of rotatable bonds is 5. The lowest BCUT2D eigenvalue weighted by Gasteiger charge is -2.36. The number of carbonyl (C=O) groups is 1. The largest absolute Gasteiger partial charge is 0.497 e. The average molecular weight is 367 g/mol. The van der Waals surface area contributed by atoms with E-state index < -0.39 is 6.04 Å². The van der Waals surface area contributed by atoms with Gasteiger partial charge in [0.15, 0.2) is 0 Å². The minimum absolute atomic E-state index is 0. The van der Waals surface area contributed by atoms with Gasteiger partial charge in [0.1, 0.15) is 17.6 Å². The number of piperazine rings is 1. The van der Waals surface area contributed by atoms with Crippen LogP contribution in [0.15, 0.2) is 18.3 Å². The number of aromatic nitrogens is 1. The molecule has 1 aliphatic heterocycles. The molecule has 1 saturated heterocycles. The van der Waals surface area contributed by atoms with Gasteiger partial charge >= 0.3 is 0 Å². The highest BCUT2D eigenvalue weighted by molar-refractivity contribution is 5.85. The Kier molecular flexibility index (Phi) is 9.90. The van der Waals surface area contributed by atoms with Crippen LogP contribution in [0.5, 0.6) is 5.75 Å². The predicted molar refractivity (Wildman–Crippen MR) is 93.9 cm³/mol. The summed E-state index contributed by atoms with van der Waals surface area (Å²) in [5.74, 6) is 1.58. The molecule has 1 atom stereocenters. The SMILES string of the molecule is COCC(N)C(=O)N1CCN(c2cc(OC)ccn2)CC1.Cl.Cl. The minimum atomic E-state index is -0.587. The van der Waals surface area contributed by atoms with Crippen LogP contribution in [-0.2, 0) is 9.53 Å². The van der Waals surface area contributed by atoms with Crippen LogP contribution in [0.25, 0.3) is 0 Å². The molecule has 23 heavy (non-hydrogen) atoms. The molecule has 0 spiro atoms. The van der Waals surface area contributed by atoms with Crippen molar-refractivity contribution in [3.63, 3.8) is 0 Å². The molecule has 9 heteroatoms. The molecule has 1 amide bonds. The quantitative estimate of drug-likeness (QED) is 0.819. The maximum Gasteiger partial charge on any atom is 0.241 e. The lowest BCUT2D eigenvalue weighted by Crippen LogP contribution is -2.54. The molecule has 0 radical (unpaired) electrons. The van der Waals surface area contributed by atoms with Gasteiger partial charge in [0.05, 0.1) is 13.7 Å². The highest BCUT2D eigenvalue weighted by Gasteiger charge is 2.25. The summed E-state index contributed by atoms with van der Waals surface area (Å²) in [6.07, 6.45) is 1.72. The molecule has 132 valence electrons. The molecule has 0 bridgehead atoms. The zero-order valence-corrected chi connectivity index (χ0v) is 14.9. The van der Waals surface area contributed by atoms with Crippen molar-refractivity contribution in [1.82, 2.24) is 9.88 Å². The first-order chi connectivity index (χ1) is 10.2. The van der Waals surface area contributed by atoms with E-state index in [9.17, 15) is 4.79 Å². The molecule has 1 aliphatic rings. The van der Waals surface area contributed by atoms with E-state index in [4.69, 9.17) is 15.2 Å². The molecular formula is C14H24Cl2N4O3. The Morgan fingerprint density at radius 1 is 1.30 bits per heavy atom. The highest BCUT2D eigenvalue weighted by Crippen LogP contribution is 2.19. The second-order valence-electron chi connectivity index (χ2n) is 4.93. The first kappa shape index (κ1) is 21.7. The second kappa shape index (κ2) is 10.5. The number of carbonyl (C=O) groups excluding carboxylic acids is 1. The molecule has 0 aliphatic carbocycles. The number of ether oxygens (including phenoxy) is 2. The number of nitrogens with two attached hydrogens (primary N) is 1. The maximum atomic E-state index is 12.1. The molecule has 2 heterocycles. The van der Waals surface area contributed by atoms with Crippen molar-refractivity contribution in [3.8, 4) is 5.75 Å². The van der Waals surface area contributed by atoms with Crippen molar-refractivity contribution >= 4 is 36.5 Å². The van der Waals surface area contributed by atoms with Gasteiger partial charge < -0.3 is 25.0 Å². The third kappa shape index (κ3) is 5.69. The maximum absolute atomic E-state index is 12.1. The Bertz CT molecular complexity index is 485. The van der Waals surface area contributed by atoms with E-state index in [0.717, 1.165) is 24.7 Å². The summed E-state index contributed by atoms with van der Waals surface area (Å²) in [6, 6.07) is 3.12. The van der Waals surface area contributed by atoms with Crippen molar-refractivity contribution in [2.45, 2.75) is 6.04 Å². The first-order valence-electron chi connectivity index (χ1n) is 6.94. The standard InChI is InChI=1S/C14H22N4O3.2ClH/c1-20-10-12(15)14(19)18-7-5-17(6-8-18)13-9-11(21-2)3-4-16-13;;/h3-4,9,12H,5-8,10,15H2,1-2H3;2*1H. The number of amides is 1. The zero-order valence-electron chi connectivity index (χ0n) is 13.3. The van der Waals surface area contributed by atoms with Gasteiger partial charge in [-0.2, -0.15) is 0 Å². The second-order valence-corrected chi connectivity index (χ2v) is 4.93.